The summed E-state index contributed by atoms with van der Waals surface area (Å²) >= 11 is 0. The predicted octanol–water partition coefficient (Wildman–Crippen LogP) is 3.06. The first-order chi connectivity index (χ1) is 8.52. The number of carboxylic acid groups (broad SMARTS) is 1. The van der Waals surface area contributed by atoms with Crippen LogP contribution in [0.15, 0.2) is 24.4 Å². The van der Waals surface area contributed by atoms with Crippen LogP contribution in [0, 0.1) is 11.7 Å². The van der Waals surface area contributed by atoms with E-state index < -0.39 is 11.9 Å². The van der Waals surface area contributed by atoms with Crippen molar-refractivity contribution in [3.05, 3.63) is 35.8 Å². The van der Waals surface area contributed by atoms with Crippen LogP contribution >= 0.6 is 0 Å². The Kier molecular flexibility index (Phi) is 3.36. The third-order valence-electron chi connectivity index (χ3n) is 3.22. The summed E-state index contributed by atoms with van der Waals surface area (Å²) in [5.74, 6) is -1.52. The van der Waals surface area contributed by atoms with Gasteiger partial charge in [0.05, 0.1) is 11.4 Å². The van der Waals surface area contributed by atoms with E-state index in [-0.39, 0.29) is 5.82 Å². The molecule has 1 heterocycles. The van der Waals surface area contributed by atoms with Crippen molar-refractivity contribution >= 4 is 16.9 Å². The largest absolute Gasteiger partial charge is 0.481 e. The van der Waals surface area contributed by atoms with E-state index in [0.717, 1.165) is 23.0 Å². The number of aromatic nitrogens is 1. The Hall–Kier alpha value is -1.84. The Morgan fingerprint density at radius 3 is 2.83 bits per heavy atom. The molecule has 1 aromatic carbocycles. The van der Waals surface area contributed by atoms with Crippen molar-refractivity contribution in [2.24, 2.45) is 5.92 Å². The number of carboxylic acids is 1. The second kappa shape index (κ2) is 4.80. The van der Waals surface area contributed by atoms with Gasteiger partial charge in [0.2, 0.25) is 0 Å². The number of halogens is 1. The fourth-order valence-electron chi connectivity index (χ4n) is 2.18. The van der Waals surface area contributed by atoms with Gasteiger partial charge in [0.15, 0.2) is 0 Å². The standard InChI is InChI=1S/C14H16FNO2/c1-3-16-8-10(6-9(2)14(17)18)12-5-4-11(15)7-13(12)16/h4-5,7-9H,3,6H2,1-2H3,(H,17,18). The van der Waals surface area contributed by atoms with Gasteiger partial charge in [0.1, 0.15) is 5.82 Å². The number of rotatable bonds is 4. The quantitative estimate of drug-likeness (QED) is 0.904. The molecule has 0 saturated heterocycles. The van der Waals surface area contributed by atoms with Crippen molar-refractivity contribution in [3.8, 4) is 0 Å². The van der Waals surface area contributed by atoms with Gasteiger partial charge in [-0.1, -0.05) is 6.92 Å². The number of fused-ring (bicyclic) bond motifs is 1. The fourth-order valence-corrected chi connectivity index (χ4v) is 2.18. The zero-order valence-corrected chi connectivity index (χ0v) is 10.5. The van der Waals surface area contributed by atoms with Gasteiger partial charge in [-0.2, -0.15) is 0 Å². The highest BCUT2D eigenvalue weighted by Gasteiger charge is 2.16. The molecule has 2 rings (SSSR count). The molecule has 0 aliphatic heterocycles. The number of hydrogen-bond acceptors (Lipinski definition) is 1. The summed E-state index contributed by atoms with van der Waals surface area (Å²) in [5.41, 5.74) is 1.78. The molecule has 0 aliphatic carbocycles. The number of hydrogen-bond donors (Lipinski definition) is 1. The Balaban J connectivity index is 2.48. The number of aryl methyl sites for hydroxylation is 1. The van der Waals surface area contributed by atoms with Crippen LogP contribution in [-0.4, -0.2) is 15.6 Å². The SMILES string of the molecule is CCn1cc(CC(C)C(=O)O)c2ccc(F)cc21. The maximum Gasteiger partial charge on any atom is 0.306 e. The minimum absolute atomic E-state index is 0.270. The molecule has 1 N–H and O–H groups in total. The number of aliphatic carboxylic acids is 1. The van der Waals surface area contributed by atoms with Crippen LogP contribution < -0.4 is 0 Å². The van der Waals surface area contributed by atoms with E-state index in [1.165, 1.54) is 12.1 Å². The highest BCUT2D eigenvalue weighted by Crippen LogP contribution is 2.24. The van der Waals surface area contributed by atoms with E-state index in [1.54, 1.807) is 13.0 Å². The summed E-state index contributed by atoms with van der Waals surface area (Å²) in [7, 11) is 0. The van der Waals surface area contributed by atoms with Crippen molar-refractivity contribution < 1.29 is 14.3 Å². The smallest absolute Gasteiger partial charge is 0.306 e. The molecule has 0 radical (unpaired) electrons. The van der Waals surface area contributed by atoms with E-state index in [9.17, 15) is 9.18 Å². The second-order valence-corrected chi connectivity index (χ2v) is 4.55. The molecular formula is C14H16FNO2. The lowest BCUT2D eigenvalue weighted by Crippen LogP contribution is -2.11. The van der Waals surface area contributed by atoms with E-state index in [1.807, 2.05) is 17.7 Å². The number of benzene rings is 1. The van der Waals surface area contributed by atoms with Crippen molar-refractivity contribution in [3.63, 3.8) is 0 Å². The van der Waals surface area contributed by atoms with Crippen LogP contribution in [0.5, 0.6) is 0 Å². The van der Waals surface area contributed by atoms with Gasteiger partial charge in [-0.05, 0) is 37.1 Å². The predicted molar refractivity (Wildman–Crippen MR) is 68.1 cm³/mol. The lowest BCUT2D eigenvalue weighted by molar-refractivity contribution is -0.141. The van der Waals surface area contributed by atoms with Crippen LogP contribution in [-0.2, 0) is 17.8 Å². The van der Waals surface area contributed by atoms with Gasteiger partial charge in [-0.25, -0.2) is 4.39 Å². The molecule has 1 unspecified atom stereocenters. The summed E-state index contributed by atoms with van der Waals surface area (Å²) in [6.45, 7) is 4.40. The summed E-state index contributed by atoms with van der Waals surface area (Å²) in [4.78, 5) is 10.9. The normalized spacial score (nSPS) is 12.8. The highest BCUT2D eigenvalue weighted by atomic mass is 19.1. The molecule has 0 saturated carbocycles. The molecule has 18 heavy (non-hydrogen) atoms. The van der Waals surface area contributed by atoms with Gasteiger partial charge in [0.25, 0.3) is 0 Å². The maximum absolute atomic E-state index is 13.2. The Morgan fingerprint density at radius 2 is 2.22 bits per heavy atom. The van der Waals surface area contributed by atoms with Crippen LogP contribution in [0.25, 0.3) is 10.9 Å². The molecule has 0 amide bonds. The van der Waals surface area contributed by atoms with Gasteiger partial charge in [0, 0.05) is 18.1 Å². The summed E-state index contributed by atoms with van der Waals surface area (Å²) < 4.78 is 15.2. The Bertz CT molecular complexity index is 589. The summed E-state index contributed by atoms with van der Waals surface area (Å²) in [6, 6.07) is 4.63. The van der Waals surface area contributed by atoms with Crippen molar-refractivity contribution in [2.45, 2.75) is 26.8 Å². The molecule has 1 atom stereocenters. The van der Waals surface area contributed by atoms with E-state index in [2.05, 4.69) is 0 Å². The third-order valence-corrected chi connectivity index (χ3v) is 3.22. The van der Waals surface area contributed by atoms with E-state index >= 15 is 0 Å². The Labute approximate surface area is 105 Å². The van der Waals surface area contributed by atoms with Crippen molar-refractivity contribution in [1.82, 2.24) is 4.57 Å². The molecule has 0 fully saturated rings. The molecule has 1 aromatic heterocycles. The lowest BCUT2D eigenvalue weighted by Gasteiger charge is -2.04. The molecule has 96 valence electrons. The molecular weight excluding hydrogens is 233 g/mol. The fraction of sp³-hybridized carbons (Fsp3) is 0.357. The van der Waals surface area contributed by atoms with Gasteiger partial charge in [-0.3, -0.25) is 4.79 Å². The average molecular weight is 249 g/mol. The zero-order chi connectivity index (χ0) is 13.3. The third kappa shape index (κ3) is 2.23. The van der Waals surface area contributed by atoms with Crippen molar-refractivity contribution in [2.75, 3.05) is 0 Å². The van der Waals surface area contributed by atoms with Crippen molar-refractivity contribution in [1.29, 1.82) is 0 Å². The van der Waals surface area contributed by atoms with Gasteiger partial charge < -0.3 is 9.67 Å². The molecule has 4 heteroatoms. The van der Waals surface area contributed by atoms with E-state index in [0.29, 0.717) is 6.42 Å². The monoisotopic (exact) mass is 249 g/mol. The van der Waals surface area contributed by atoms with Gasteiger partial charge in [-0.15, -0.1) is 0 Å². The molecule has 0 bridgehead atoms. The minimum Gasteiger partial charge on any atom is -0.481 e. The van der Waals surface area contributed by atoms with E-state index in [4.69, 9.17) is 5.11 Å². The lowest BCUT2D eigenvalue weighted by atomic mass is 10.0. The molecule has 0 aliphatic rings. The minimum atomic E-state index is -0.811. The zero-order valence-electron chi connectivity index (χ0n) is 10.5. The topological polar surface area (TPSA) is 42.2 Å². The summed E-state index contributed by atoms with van der Waals surface area (Å²) in [6.07, 6.45) is 2.38. The molecule has 3 nitrogen and oxygen atoms in total. The van der Waals surface area contributed by atoms with Crippen LogP contribution in [0.3, 0.4) is 0 Å². The molecule has 0 spiro atoms. The van der Waals surface area contributed by atoms with Crippen LogP contribution in [0.4, 0.5) is 4.39 Å². The van der Waals surface area contributed by atoms with Crippen LogP contribution in [0.1, 0.15) is 19.4 Å². The first kappa shape index (κ1) is 12.6. The number of nitrogens with zero attached hydrogens (tertiary/aromatic N) is 1. The second-order valence-electron chi connectivity index (χ2n) is 4.55. The first-order valence-electron chi connectivity index (χ1n) is 6.03. The number of carbonyl (C=O) groups is 1. The maximum atomic E-state index is 13.2. The average Bonchev–Trinajstić information content (AvgIpc) is 2.66. The molecule has 2 aromatic rings. The first-order valence-corrected chi connectivity index (χ1v) is 6.03. The summed E-state index contributed by atoms with van der Waals surface area (Å²) in [5, 5.41) is 9.89. The van der Waals surface area contributed by atoms with Crippen LogP contribution in [0.2, 0.25) is 0 Å². The van der Waals surface area contributed by atoms with Gasteiger partial charge >= 0.3 is 5.97 Å². The Morgan fingerprint density at radius 1 is 1.50 bits per heavy atom. The highest BCUT2D eigenvalue weighted by molar-refractivity contribution is 5.84.